The zero-order chi connectivity index (χ0) is 10.6. The molecule has 0 saturated carbocycles. The Kier molecular flexibility index (Phi) is 3.86. The quantitative estimate of drug-likeness (QED) is 0.304. The van der Waals surface area contributed by atoms with Crippen LogP contribution in [0.4, 0.5) is 0 Å². The molecule has 0 aliphatic rings. The van der Waals surface area contributed by atoms with E-state index in [-0.39, 0.29) is 22.7 Å². The van der Waals surface area contributed by atoms with Gasteiger partial charge in [-0.3, -0.25) is 9.59 Å². The predicted molar refractivity (Wildman–Crippen MR) is 51.0 cm³/mol. The molecule has 8 N–H and O–H groups in total. The Bertz CT molecular complexity index is 281. The number of hydrogen-bond donors (Lipinski definition) is 4. The molecule has 0 aromatic rings. The van der Waals surface area contributed by atoms with E-state index in [1.54, 1.807) is 0 Å². The molecule has 13 heavy (non-hydrogen) atoms. The highest BCUT2D eigenvalue weighted by atomic mass is 32.1. The van der Waals surface area contributed by atoms with Crippen molar-refractivity contribution in [3.05, 3.63) is 11.3 Å². The minimum Gasteiger partial charge on any atom is -0.401 e. The molecule has 0 aromatic carbocycles. The normalized spacial score (nSPS) is 11.7. The average Bonchev–Trinajstić information content (AvgIpc) is 1.81. The molecule has 0 rings (SSSR count). The average molecular weight is 202 g/mol. The molecule has 72 valence electrons. The van der Waals surface area contributed by atoms with Gasteiger partial charge in [0.2, 0.25) is 5.91 Å². The molecule has 0 aromatic heterocycles. The fourth-order valence-electron chi connectivity index (χ4n) is 0.714. The maximum atomic E-state index is 10.7. The van der Waals surface area contributed by atoms with Crippen LogP contribution in [-0.4, -0.2) is 16.8 Å². The van der Waals surface area contributed by atoms with E-state index >= 15 is 0 Å². The van der Waals surface area contributed by atoms with Crippen LogP contribution in [0.3, 0.4) is 0 Å². The van der Waals surface area contributed by atoms with Crippen molar-refractivity contribution in [2.24, 2.45) is 22.9 Å². The first-order valence-corrected chi connectivity index (χ1v) is 3.63. The molecule has 6 nitrogen and oxygen atoms in total. The second-order valence-electron chi connectivity index (χ2n) is 2.27. The number of rotatable bonds is 4. The monoisotopic (exact) mass is 202 g/mol. The molecule has 0 spiro atoms. The van der Waals surface area contributed by atoms with Crippen LogP contribution in [0.25, 0.3) is 0 Å². The highest BCUT2D eigenvalue weighted by Gasteiger charge is 2.14. The largest absolute Gasteiger partial charge is 0.401 e. The number of primary amides is 2. The number of nitrogens with two attached hydrogens (primary N) is 4. The molecule has 0 bridgehead atoms. The van der Waals surface area contributed by atoms with Crippen molar-refractivity contribution in [1.29, 1.82) is 0 Å². The summed E-state index contributed by atoms with van der Waals surface area (Å²) in [5, 5.41) is 0. The molecule has 0 heterocycles. The minimum atomic E-state index is -0.869. The Morgan fingerprint density at radius 3 is 1.77 bits per heavy atom. The van der Waals surface area contributed by atoms with E-state index in [0.717, 1.165) is 0 Å². The van der Waals surface area contributed by atoms with Crippen molar-refractivity contribution < 1.29 is 9.59 Å². The lowest BCUT2D eigenvalue weighted by Crippen LogP contribution is -2.29. The van der Waals surface area contributed by atoms with Gasteiger partial charge in [0.05, 0.1) is 12.0 Å². The van der Waals surface area contributed by atoms with Crippen LogP contribution in [0, 0.1) is 0 Å². The van der Waals surface area contributed by atoms with Crippen LogP contribution in [-0.2, 0) is 9.59 Å². The van der Waals surface area contributed by atoms with Crippen molar-refractivity contribution in [2.45, 2.75) is 6.42 Å². The summed E-state index contributed by atoms with van der Waals surface area (Å²) < 4.78 is 0. The molecule has 0 aliphatic carbocycles. The summed E-state index contributed by atoms with van der Waals surface area (Å²) >= 11 is 4.51. The van der Waals surface area contributed by atoms with Gasteiger partial charge in [-0.15, -0.1) is 0 Å². The van der Waals surface area contributed by atoms with Crippen molar-refractivity contribution in [2.75, 3.05) is 0 Å². The lowest BCUT2D eigenvalue weighted by molar-refractivity contribution is -0.117. The summed E-state index contributed by atoms with van der Waals surface area (Å²) in [7, 11) is 0. The Hall–Kier alpha value is -1.63. The maximum absolute atomic E-state index is 10.7. The molecule has 0 saturated heterocycles. The molecule has 0 unspecified atom stereocenters. The minimum absolute atomic E-state index is 0.104. The summed E-state index contributed by atoms with van der Waals surface area (Å²) in [5.41, 5.74) is 19.9. The van der Waals surface area contributed by atoms with Crippen molar-refractivity contribution >= 4 is 29.0 Å². The molecule has 0 fully saturated rings. The summed E-state index contributed by atoms with van der Waals surface area (Å²) in [5.74, 6) is -1.56. The fraction of sp³-hybridized carbons (Fsp3) is 0.167. The van der Waals surface area contributed by atoms with Crippen LogP contribution in [0.1, 0.15) is 6.42 Å². The van der Waals surface area contributed by atoms with Crippen LogP contribution >= 0.6 is 12.2 Å². The number of carbonyl (C=O) groups excluding carboxylic acids is 2. The van der Waals surface area contributed by atoms with Crippen molar-refractivity contribution in [3.8, 4) is 0 Å². The van der Waals surface area contributed by atoms with Gasteiger partial charge in [-0.2, -0.15) is 0 Å². The third-order valence-electron chi connectivity index (χ3n) is 1.18. The van der Waals surface area contributed by atoms with E-state index in [4.69, 9.17) is 22.9 Å². The number of carbonyl (C=O) groups is 2. The van der Waals surface area contributed by atoms with E-state index < -0.39 is 11.8 Å². The highest BCUT2D eigenvalue weighted by Crippen LogP contribution is 2.02. The Morgan fingerprint density at radius 1 is 1.08 bits per heavy atom. The molecule has 7 heteroatoms. The molecular weight excluding hydrogens is 192 g/mol. The van der Waals surface area contributed by atoms with E-state index in [2.05, 4.69) is 12.2 Å². The summed E-state index contributed by atoms with van der Waals surface area (Å²) in [6.45, 7) is 0. The lowest BCUT2D eigenvalue weighted by atomic mass is 10.1. The van der Waals surface area contributed by atoms with E-state index in [1.165, 1.54) is 0 Å². The summed E-state index contributed by atoms with van der Waals surface area (Å²) in [6, 6.07) is 0. The molecular formula is C6H10N4O2S. The van der Waals surface area contributed by atoms with Crippen molar-refractivity contribution in [3.63, 3.8) is 0 Å². The van der Waals surface area contributed by atoms with E-state index in [1.807, 2.05) is 0 Å². The van der Waals surface area contributed by atoms with Gasteiger partial charge < -0.3 is 22.9 Å². The molecule has 0 aliphatic heterocycles. The Morgan fingerprint density at radius 2 is 1.54 bits per heavy atom. The first-order valence-electron chi connectivity index (χ1n) is 3.22. The summed E-state index contributed by atoms with van der Waals surface area (Å²) in [4.78, 5) is 20.9. The standard InChI is InChI=1S/C6H10N4O2S/c7-2(1-3(8)11)4(5(9)12)6(10)13/h1,7H2,(H2,8,11)(H2,9,12)(H2,10,13). The van der Waals surface area contributed by atoms with Crippen LogP contribution in [0.5, 0.6) is 0 Å². The van der Waals surface area contributed by atoms with Gasteiger partial charge in [-0.1, -0.05) is 12.2 Å². The SMILES string of the molecule is NC(=O)CC(N)=C(C(N)=O)C(N)=S. The number of thiocarbonyl (C=S) groups is 1. The second-order valence-corrected chi connectivity index (χ2v) is 2.71. The van der Waals surface area contributed by atoms with Gasteiger partial charge in [-0.05, 0) is 0 Å². The Balaban J connectivity index is 4.98. The van der Waals surface area contributed by atoms with Crippen molar-refractivity contribution in [1.82, 2.24) is 0 Å². The summed E-state index contributed by atoms with van der Waals surface area (Å²) in [6.07, 6.45) is -0.296. The zero-order valence-electron chi connectivity index (χ0n) is 6.74. The molecule has 0 atom stereocenters. The first-order chi connectivity index (χ1) is 5.86. The topological polar surface area (TPSA) is 138 Å². The lowest BCUT2D eigenvalue weighted by Gasteiger charge is -2.04. The molecule has 2 amide bonds. The van der Waals surface area contributed by atoms with Crippen LogP contribution in [0.15, 0.2) is 11.3 Å². The Labute approximate surface area is 79.9 Å². The maximum Gasteiger partial charge on any atom is 0.253 e. The predicted octanol–water partition coefficient (Wildman–Crippen LogP) is -2.15. The van der Waals surface area contributed by atoms with Gasteiger partial charge in [-0.25, -0.2) is 0 Å². The van der Waals surface area contributed by atoms with Crippen LogP contribution < -0.4 is 22.9 Å². The number of hydrogen-bond acceptors (Lipinski definition) is 4. The molecule has 0 radical (unpaired) electrons. The van der Waals surface area contributed by atoms with Gasteiger partial charge in [0.25, 0.3) is 5.91 Å². The second kappa shape index (κ2) is 4.41. The third-order valence-corrected chi connectivity index (χ3v) is 1.38. The van der Waals surface area contributed by atoms with E-state index in [9.17, 15) is 9.59 Å². The van der Waals surface area contributed by atoms with Gasteiger partial charge in [0, 0.05) is 5.70 Å². The fourth-order valence-corrected chi connectivity index (χ4v) is 0.946. The van der Waals surface area contributed by atoms with Gasteiger partial charge >= 0.3 is 0 Å². The van der Waals surface area contributed by atoms with Gasteiger partial charge in [0.15, 0.2) is 0 Å². The first kappa shape index (κ1) is 11.4. The highest BCUT2D eigenvalue weighted by molar-refractivity contribution is 7.80. The zero-order valence-corrected chi connectivity index (χ0v) is 7.56. The third kappa shape index (κ3) is 3.52. The van der Waals surface area contributed by atoms with Gasteiger partial charge in [0.1, 0.15) is 4.99 Å². The van der Waals surface area contributed by atoms with E-state index in [0.29, 0.717) is 0 Å². The number of amides is 2. The smallest absolute Gasteiger partial charge is 0.253 e. The van der Waals surface area contributed by atoms with Crippen LogP contribution in [0.2, 0.25) is 0 Å².